The molecular formula is C17H20N4. The standard InChI is InChI=1S/C17H20N4/c1-2-21-10-9-19-17(21)12-16(20-18)15-8-7-13-5-3-4-6-14(13)11-15/h3-11,16,20H,2,12,18H2,1H3. The molecule has 1 unspecified atom stereocenters. The molecule has 0 aliphatic rings. The van der Waals surface area contributed by atoms with Gasteiger partial charge in [-0.3, -0.25) is 11.3 Å². The Morgan fingerprint density at radius 3 is 2.76 bits per heavy atom. The summed E-state index contributed by atoms with van der Waals surface area (Å²) in [4.78, 5) is 4.43. The molecule has 4 heteroatoms. The number of nitrogens with two attached hydrogens (primary N) is 1. The number of nitrogens with zero attached hydrogens (tertiary/aromatic N) is 2. The average molecular weight is 280 g/mol. The summed E-state index contributed by atoms with van der Waals surface area (Å²) < 4.78 is 2.14. The van der Waals surface area contributed by atoms with Crippen LogP contribution in [-0.2, 0) is 13.0 Å². The maximum Gasteiger partial charge on any atom is 0.110 e. The smallest absolute Gasteiger partial charge is 0.110 e. The number of imidazole rings is 1. The van der Waals surface area contributed by atoms with Crippen LogP contribution < -0.4 is 11.3 Å². The third-order valence-electron chi connectivity index (χ3n) is 3.91. The van der Waals surface area contributed by atoms with E-state index in [-0.39, 0.29) is 6.04 Å². The van der Waals surface area contributed by atoms with Crippen molar-refractivity contribution in [2.24, 2.45) is 5.84 Å². The van der Waals surface area contributed by atoms with Crippen LogP contribution >= 0.6 is 0 Å². The van der Waals surface area contributed by atoms with Crippen molar-refractivity contribution in [3.63, 3.8) is 0 Å². The molecule has 3 N–H and O–H groups in total. The number of aromatic nitrogens is 2. The largest absolute Gasteiger partial charge is 0.335 e. The zero-order chi connectivity index (χ0) is 14.7. The molecule has 108 valence electrons. The van der Waals surface area contributed by atoms with Crippen molar-refractivity contribution in [3.05, 3.63) is 66.2 Å². The highest BCUT2D eigenvalue weighted by Gasteiger charge is 2.14. The SMILES string of the molecule is CCn1ccnc1CC(NN)c1ccc2ccccc2c1. The van der Waals surface area contributed by atoms with Gasteiger partial charge in [-0.25, -0.2) is 4.98 Å². The zero-order valence-corrected chi connectivity index (χ0v) is 12.2. The molecule has 0 radical (unpaired) electrons. The summed E-state index contributed by atoms with van der Waals surface area (Å²) in [5.41, 5.74) is 4.10. The molecule has 3 rings (SSSR count). The van der Waals surface area contributed by atoms with Gasteiger partial charge in [-0.1, -0.05) is 36.4 Å². The first kappa shape index (κ1) is 13.8. The molecule has 1 atom stereocenters. The zero-order valence-electron chi connectivity index (χ0n) is 12.2. The highest BCUT2D eigenvalue weighted by Crippen LogP contribution is 2.22. The molecule has 4 nitrogen and oxygen atoms in total. The first-order valence-electron chi connectivity index (χ1n) is 7.26. The number of nitrogens with one attached hydrogen (secondary N) is 1. The first-order chi connectivity index (χ1) is 10.3. The minimum atomic E-state index is 0.0577. The minimum Gasteiger partial charge on any atom is -0.335 e. The van der Waals surface area contributed by atoms with Gasteiger partial charge in [-0.2, -0.15) is 0 Å². The van der Waals surface area contributed by atoms with E-state index in [4.69, 9.17) is 5.84 Å². The van der Waals surface area contributed by atoms with Crippen LogP contribution in [0.4, 0.5) is 0 Å². The lowest BCUT2D eigenvalue weighted by molar-refractivity contribution is 0.523. The molecule has 0 amide bonds. The second-order valence-electron chi connectivity index (χ2n) is 5.16. The van der Waals surface area contributed by atoms with E-state index in [1.807, 2.05) is 12.4 Å². The van der Waals surface area contributed by atoms with Gasteiger partial charge in [0.05, 0.1) is 6.04 Å². The predicted octanol–water partition coefficient (Wildman–Crippen LogP) is 2.80. The van der Waals surface area contributed by atoms with Crippen LogP contribution in [0.25, 0.3) is 10.8 Å². The summed E-state index contributed by atoms with van der Waals surface area (Å²) >= 11 is 0. The third kappa shape index (κ3) is 2.82. The molecule has 21 heavy (non-hydrogen) atoms. The van der Waals surface area contributed by atoms with E-state index >= 15 is 0 Å². The summed E-state index contributed by atoms with van der Waals surface area (Å²) in [6.07, 6.45) is 4.62. The quantitative estimate of drug-likeness (QED) is 0.558. The third-order valence-corrected chi connectivity index (χ3v) is 3.91. The highest BCUT2D eigenvalue weighted by atomic mass is 15.2. The molecule has 0 aliphatic carbocycles. The number of fused-ring (bicyclic) bond motifs is 1. The van der Waals surface area contributed by atoms with Crippen molar-refractivity contribution < 1.29 is 0 Å². The van der Waals surface area contributed by atoms with Crippen molar-refractivity contribution in [2.45, 2.75) is 25.9 Å². The maximum absolute atomic E-state index is 5.77. The molecule has 1 heterocycles. The molecule has 1 aromatic heterocycles. The Balaban J connectivity index is 1.90. The van der Waals surface area contributed by atoms with Gasteiger partial charge in [-0.15, -0.1) is 0 Å². The molecule has 0 aliphatic heterocycles. The second kappa shape index (κ2) is 6.08. The van der Waals surface area contributed by atoms with Crippen LogP contribution in [0.2, 0.25) is 0 Å². The van der Waals surface area contributed by atoms with Crippen molar-refractivity contribution in [1.82, 2.24) is 15.0 Å². The molecule has 0 fully saturated rings. The fourth-order valence-corrected chi connectivity index (χ4v) is 2.70. The van der Waals surface area contributed by atoms with Crippen LogP contribution in [0, 0.1) is 0 Å². The van der Waals surface area contributed by atoms with E-state index in [1.165, 1.54) is 16.3 Å². The van der Waals surface area contributed by atoms with E-state index in [9.17, 15) is 0 Å². The van der Waals surface area contributed by atoms with Crippen molar-refractivity contribution in [3.8, 4) is 0 Å². The Hall–Kier alpha value is -2.17. The van der Waals surface area contributed by atoms with Gasteiger partial charge >= 0.3 is 0 Å². The Bertz CT molecular complexity index is 732. The number of hydrogen-bond donors (Lipinski definition) is 2. The van der Waals surface area contributed by atoms with E-state index < -0.39 is 0 Å². The van der Waals surface area contributed by atoms with Gasteiger partial charge in [0.15, 0.2) is 0 Å². The fraction of sp³-hybridized carbons (Fsp3) is 0.235. The lowest BCUT2D eigenvalue weighted by Gasteiger charge is -2.17. The van der Waals surface area contributed by atoms with E-state index in [0.717, 1.165) is 18.8 Å². The number of aryl methyl sites for hydroxylation is 1. The van der Waals surface area contributed by atoms with E-state index in [2.05, 4.69) is 64.4 Å². The lowest BCUT2D eigenvalue weighted by atomic mass is 10.00. The summed E-state index contributed by atoms with van der Waals surface area (Å²) in [5.74, 6) is 6.82. The van der Waals surface area contributed by atoms with E-state index in [0.29, 0.717) is 0 Å². The molecule has 0 bridgehead atoms. The highest BCUT2D eigenvalue weighted by molar-refractivity contribution is 5.83. The van der Waals surface area contributed by atoms with Crippen molar-refractivity contribution in [2.75, 3.05) is 0 Å². The second-order valence-corrected chi connectivity index (χ2v) is 5.16. The molecular weight excluding hydrogens is 260 g/mol. The number of benzene rings is 2. The summed E-state index contributed by atoms with van der Waals surface area (Å²) in [7, 11) is 0. The normalized spacial score (nSPS) is 12.7. The molecule has 0 saturated heterocycles. The Morgan fingerprint density at radius 2 is 2.00 bits per heavy atom. The van der Waals surface area contributed by atoms with Gasteiger partial charge in [-0.05, 0) is 29.3 Å². The van der Waals surface area contributed by atoms with Crippen molar-refractivity contribution in [1.29, 1.82) is 0 Å². The topological polar surface area (TPSA) is 55.9 Å². The fourth-order valence-electron chi connectivity index (χ4n) is 2.70. The minimum absolute atomic E-state index is 0.0577. The van der Waals surface area contributed by atoms with Crippen LogP contribution in [0.5, 0.6) is 0 Å². The molecule has 3 aromatic rings. The maximum atomic E-state index is 5.77. The average Bonchev–Trinajstić information content (AvgIpc) is 2.99. The number of hydrazine groups is 1. The molecule has 2 aromatic carbocycles. The van der Waals surface area contributed by atoms with Crippen LogP contribution in [-0.4, -0.2) is 9.55 Å². The summed E-state index contributed by atoms with van der Waals surface area (Å²) in [6.45, 7) is 3.04. The van der Waals surface area contributed by atoms with Crippen LogP contribution in [0.3, 0.4) is 0 Å². The number of hydrogen-bond acceptors (Lipinski definition) is 3. The molecule has 0 spiro atoms. The van der Waals surface area contributed by atoms with Gasteiger partial charge in [0.2, 0.25) is 0 Å². The monoisotopic (exact) mass is 280 g/mol. The van der Waals surface area contributed by atoms with Gasteiger partial charge in [0, 0.05) is 25.4 Å². The summed E-state index contributed by atoms with van der Waals surface area (Å²) in [6, 6.07) is 14.9. The van der Waals surface area contributed by atoms with Gasteiger partial charge in [0.25, 0.3) is 0 Å². The Morgan fingerprint density at radius 1 is 1.19 bits per heavy atom. The predicted molar refractivity (Wildman–Crippen MR) is 85.6 cm³/mol. The van der Waals surface area contributed by atoms with Gasteiger partial charge in [0.1, 0.15) is 5.82 Å². The molecule has 0 saturated carbocycles. The first-order valence-corrected chi connectivity index (χ1v) is 7.26. The van der Waals surface area contributed by atoms with Crippen LogP contribution in [0.1, 0.15) is 24.4 Å². The Labute approximate surface area is 124 Å². The lowest BCUT2D eigenvalue weighted by Crippen LogP contribution is -2.30. The van der Waals surface area contributed by atoms with Crippen molar-refractivity contribution >= 4 is 10.8 Å². The van der Waals surface area contributed by atoms with E-state index in [1.54, 1.807) is 0 Å². The Kier molecular flexibility index (Phi) is 3.99. The summed E-state index contributed by atoms with van der Waals surface area (Å²) in [5, 5.41) is 2.47. The van der Waals surface area contributed by atoms with Crippen LogP contribution in [0.15, 0.2) is 54.9 Å². The van der Waals surface area contributed by atoms with Gasteiger partial charge < -0.3 is 4.57 Å². The number of rotatable bonds is 5.